The maximum absolute atomic E-state index is 12.6. The normalized spacial score (nSPS) is 22.9. The van der Waals surface area contributed by atoms with Crippen molar-refractivity contribution in [3.63, 3.8) is 0 Å². The highest BCUT2D eigenvalue weighted by Crippen LogP contribution is 2.30. The lowest BCUT2D eigenvalue weighted by molar-refractivity contribution is -0.0567. The van der Waals surface area contributed by atoms with Gasteiger partial charge in [0.2, 0.25) is 0 Å². The number of tetrazole rings is 1. The fourth-order valence-corrected chi connectivity index (χ4v) is 3.05. The van der Waals surface area contributed by atoms with Gasteiger partial charge in [-0.2, -0.15) is 0 Å². The second kappa shape index (κ2) is 7.92. The van der Waals surface area contributed by atoms with Gasteiger partial charge in [-0.05, 0) is 53.3 Å². The van der Waals surface area contributed by atoms with Crippen LogP contribution >= 0.6 is 0 Å². The summed E-state index contributed by atoms with van der Waals surface area (Å²) >= 11 is 0. The minimum absolute atomic E-state index is 0.0346. The fourth-order valence-electron chi connectivity index (χ4n) is 3.05. The van der Waals surface area contributed by atoms with Crippen molar-refractivity contribution in [2.75, 3.05) is 19.8 Å². The van der Waals surface area contributed by atoms with E-state index in [0.717, 1.165) is 18.6 Å². The van der Waals surface area contributed by atoms with Crippen molar-refractivity contribution < 1.29 is 14.3 Å². The summed E-state index contributed by atoms with van der Waals surface area (Å²) in [4.78, 5) is 12.6. The van der Waals surface area contributed by atoms with Crippen LogP contribution in [0.4, 0.5) is 0 Å². The van der Waals surface area contributed by atoms with Gasteiger partial charge in [-0.1, -0.05) is 12.1 Å². The molecule has 2 heterocycles. The molecular formula is C18H23N5O3. The third-order valence-corrected chi connectivity index (χ3v) is 4.80. The summed E-state index contributed by atoms with van der Waals surface area (Å²) in [6.45, 7) is 2.55. The lowest BCUT2D eigenvalue weighted by Gasteiger charge is -2.32. The number of nitrogens with one attached hydrogen (secondary N) is 1. The molecule has 2 fully saturated rings. The number of carbonyl (C=O) groups excluding carboxylic acids is 1. The number of aromatic nitrogens is 4. The third kappa shape index (κ3) is 4.44. The molecule has 0 spiro atoms. The predicted octanol–water partition coefficient (Wildman–Crippen LogP) is 1.04. The first-order valence-electron chi connectivity index (χ1n) is 9.08. The number of nitrogens with zero attached hydrogens (tertiary/aromatic N) is 4. The Morgan fingerprint density at radius 1 is 1.27 bits per heavy atom. The molecule has 1 amide bonds. The monoisotopic (exact) mass is 357 g/mol. The van der Waals surface area contributed by atoms with E-state index in [-0.39, 0.29) is 18.1 Å². The minimum atomic E-state index is -0.102. The Labute approximate surface area is 151 Å². The summed E-state index contributed by atoms with van der Waals surface area (Å²) in [6.07, 6.45) is 4.94. The van der Waals surface area contributed by atoms with Gasteiger partial charge in [-0.15, -0.1) is 5.10 Å². The highest BCUT2D eigenvalue weighted by molar-refractivity contribution is 5.94. The Kier molecular flexibility index (Phi) is 5.21. The summed E-state index contributed by atoms with van der Waals surface area (Å²) in [7, 11) is 0. The predicted molar refractivity (Wildman–Crippen MR) is 92.5 cm³/mol. The van der Waals surface area contributed by atoms with Crippen LogP contribution in [0.3, 0.4) is 0 Å². The summed E-state index contributed by atoms with van der Waals surface area (Å²) in [5, 5.41) is 14.1. The largest absolute Gasteiger partial charge is 0.379 e. The van der Waals surface area contributed by atoms with E-state index in [1.165, 1.54) is 12.8 Å². The molecule has 0 unspecified atom stereocenters. The van der Waals surface area contributed by atoms with E-state index in [0.29, 0.717) is 31.2 Å². The molecule has 1 saturated heterocycles. The number of carbonyl (C=O) groups is 1. The van der Waals surface area contributed by atoms with Crippen molar-refractivity contribution in [2.24, 2.45) is 5.92 Å². The van der Waals surface area contributed by atoms with Gasteiger partial charge in [0, 0.05) is 18.8 Å². The molecule has 4 rings (SSSR count). The van der Waals surface area contributed by atoms with Crippen LogP contribution in [0.25, 0.3) is 0 Å². The first-order valence-corrected chi connectivity index (χ1v) is 9.08. The van der Waals surface area contributed by atoms with Crippen LogP contribution in [0, 0.1) is 5.92 Å². The number of hydrogen-bond donors (Lipinski definition) is 1. The quantitative estimate of drug-likeness (QED) is 0.796. The summed E-state index contributed by atoms with van der Waals surface area (Å²) < 4.78 is 13.2. The van der Waals surface area contributed by atoms with Crippen LogP contribution < -0.4 is 5.32 Å². The van der Waals surface area contributed by atoms with Crippen molar-refractivity contribution in [1.82, 2.24) is 25.5 Å². The van der Waals surface area contributed by atoms with Crippen molar-refractivity contribution in [2.45, 2.75) is 38.0 Å². The number of amides is 1. The topological polar surface area (TPSA) is 91.2 Å². The molecule has 1 aromatic carbocycles. The number of ether oxygens (including phenoxy) is 2. The molecule has 1 saturated carbocycles. The third-order valence-electron chi connectivity index (χ3n) is 4.80. The van der Waals surface area contributed by atoms with Gasteiger partial charge >= 0.3 is 0 Å². The van der Waals surface area contributed by atoms with Gasteiger partial charge in [-0.25, -0.2) is 4.68 Å². The molecule has 1 N–H and O–H groups in total. The number of hydrogen-bond acceptors (Lipinski definition) is 6. The molecule has 0 bridgehead atoms. The lowest BCUT2D eigenvalue weighted by atomic mass is 10.1. The first kappa shape index (κ1) is 17.1. The molecule has 8 heteroatoms. The molecule has 2 aromatic rings. The zero-order valence-electron chi connectivity index (χ0n) is 14.6. The summed E-state index contributed by atoms with van der Waals surface area (Å²) in [5.41, 5.74) is 1.65. The van der Waals surface area contributed by atoms with Gasteiger partial charge < -0.3 is 14.8 Å². The molecule has 8 nitrogen and oxygen atoms in total. The van der Waals surface area contributed by atoms with E-state index in [2.05, 4.69) is 20.8 Å². The Bertz CT molecular complexity index is 715. The molecule has 2 aliphatic rings. The van der Waals surface area contributed by atoms with E-state index in [1.54, 1.807) is 11.0 Å². The van der Waals surface area contributed by atoms with Crippen LogP contribution in [0.5, 0.6) is 0 Å². The lowest BCUT2D eigenvalue weighted by Crippen LogP contribution is -2.50. The number of benzene rings is 1. The van der Waals surface area contributed by atoms with Gasteiger partial charge in [0.25, 0.3) is 5.91 Å². The number of rotatable bonds is 7. The summed E-state index contributed by atoms with van der Waals surface area (Å²) in [6, 6.07) is 7.36. The molecule has 1 aromatic heterocycles. The molecule has 1 aliphatic carbocycles. The van der Waals surface area contributed by atoms with E-state index in [9.17, 15) is 4.79 Å². The van der Waals surface area contributed by atoms with Crippen molar-refractivity contribution in [3.05, 3.63) is 41.7 Å². The maximum Gasteiger partial charge on any atom is 0.251 e. The fraction of sp³-hybridized carbons (Fsp3) is 0.556. The standard InChI is InChI=1S/C18H23N5O3/c24-18(15-5-3-13(4-6-15)9-23-12-19-21-22-23)20-16-11-25-8-7-17(16)26-10-14-1-2-14/h3-6,12,14,16-17H,1-2,7-11H2,(H,20,24)/t16-,17+/m1/s1. The summed E-state index contributed by atoms with van der Waals surface area (Å²) in [5.74, 6) is 0.608. The first-order chi connectivity index (χ1) is 12.8. The van der Waals surface area contributed by atoms with Crippen LogP contribution in [0.15, 0.2) is 30.6 Å². The van der Waals surface area contributed by atoms with Crippen LogP contribution in [-0.2, 0) is 16.0 Å². The van der Waals surface area contributed by atoms with Crippen molar-refractivity contribution >= 4 is 5.91 Å². The van der Waals surface area contributed by atoms with Crippen molar-refractivity contribution in [3.8, 4) is 0 Å². The van der Waals surface area contributed by atoms with Crippen molar-refractivity contribution in [1.29, 1.82) is 0 Å². The minimum Gasteiger partial charge on any atom is -0.379 e. The Morgan fingerprint density at radius 3 is 2.85 bits per heavy atom. The molecule has 2 atom stereocenters. The highest BCUT2D eigenvalue weighted by Gasteiger charge is 2.30. The Hall–Kier alpha value is -2.32. The Balaban J connectivity index is 1.33. The molecule has 138 valence electrons. The molecular weight excluding hydrogens is 334 g/mol. The van der Waals surface area contributed by atoms with E-state index in [1.807, 2.05) is 24.3 Å². The highest BCUT2D eigenvalue weighted by atomic mass is 16.5. The smallest absolute Gasteiger partial charge is 0.251 e. The van der Waals surface area contributed by atoms with Crippen LogP contribution in [0.2, 0.25) is 0 Å². The molecule has 26 heavy (non-hydrogen) atoms. The van der Waals surface area contributed by atoms with Crippen LogP contribution in [0.1, 0.15) is 35.2 Å². The van der Waals surface area contributed by atoms with Crippen LogP contribution in [-0.4, -0.2) is 58.1 Å². The SMILES string of the molecule is O=C(N[C@@H]1COCC[C@@H]1OCC1CC1)c1ccc(Cn2cnnn2)cc1. The molecule has 0 radical (unpaired) electrons. The second-order valence-corrected chi connectivity index (χ2v) is 6.96. The molecule has 1 aliphatic heterocycles. The average Bonchev–Trinajstić information content (AvgIpc) is 3.36. The van der Waals surface area contributed by atoms with E-state index >= 15 is 0 Å². The van der Waals surface area contributed by atoms with Gasteiger partial charge in [0.1, 0.15) is 6.33 Å². The van der Waals surface area contributed by atoms with E-state index in [4.69, 9.17) is 9.47 Å². The van der Waals surface area contributed by atoms with Gasteiger partial charge in [-0.3, -0.25) is 4.79 Å². The van der Waals surface area contributed by atoms with Gasteiger partial charge in [0.05, 0.1) is 25.3 Å². The maximum atomic E-state index is 12.6. The van der Waals surface area contributed by atoms with E-state index < -0.39 is 0 Å². The average molecular weight is 357 g/mol. The zero-order valence-corrected chi connectivity index (χ0v) is 14.6. The van der Waals surface area contributed by atoms with Gasteiger partial charge in [0.15, 0.2) is 0 Å². The second-order valence-electron chi connectivity index (χ2n) is 6.96. The Morgan fingerprint density at radius 2 is 2.12 bits per heavy atom. The zero-order chi connectivity index (χ0) is 17.8.